The summed E-state index contributed by atoms with van der Waals surface area (Å²) in [5, 5.41) is 12.4. The van der Waals surface area contributed by atoms with E-state index in [2.05, 4.69) is 41.2 Å². The Morgan fingerprint density at radius 3 is 3.05 bits per heavy atom. The zero-order valence-corrected chi connectivity index (χ0v) is 12.6. The summed E-state index contributed by atoms with van der Waals surface area (Å²) in [7, 11) is 1.32. The molecule has 2 aromatic rings. The topological polar surface area (TPSA) is 82.8 Å². The lowest BCUT2D eigenvalue weighted by atomic mass is 10.3. The number of ether oxygens (including phenoxy) is 1. The van der Waals surface area contributed by atoms with Crippen molar-refractivity contribution in [2.45, 2.75) is 23.7 Å². The zero-order chi connectivity index (χ0) is 13.8. The first kappa shape index (κ1) is 13.9. The molecule has 0 spiro atoms. The minimum atomic E-state index is -0.408. The van der Waals surface area contributed by atoms with Gasteiger partial charge in [-0.2, -0.15) is 0 Å². The Labute approximate surface area is 121 Å². The summed E-state index contributed by atoms with van der Waals surface area (Å²) in [5.41, 5.74) is 1.06. The second-order valence-corrected chi connectivity index (χ2v) is 5.41. The number of nitrogens with zero attached hydrogens (tertiary/aromatic N) is 5. The van der Waals surface area contributed by atoms with Crippen LogP contribution in [-0.4, -0.2) is 38.3 Å². The van der Waals surface area contributed by atoms with E-state index in [-0.39, 0.29) is 6.54 Å². The van der Waals surface area contributed by atoms with Crippen LogP contribution in [0.4, 0.5) is 0 Å². The van der Waals surface area contributed by atoms with Gasteiger partial charge in [0.1, 0.15) is 11.6 Å². The molecule has 0 aliphatic heterocycles. The standard InChI is InChI=1S/C10H10BrN5O2S/c1-6-3-8(12-4-7(6)11)19-10-13-14-15-16(10)5-9(17)18-2/h3-4H,5H2,1-2H3. The lowest BCUT2D eigenvalue weighted by Gasteiger charge is -2.04. The number of rotatable bonds is 4. The molecule has 0 aromatic carbocycles. The van der Waals surface area contributed by atoms with Gasteiger partial charge in [-0.05, 0) is 56.7 Å². The first-order valence-electron chi connectivity index (χ1n) is 5.23. The number of aryl methyl sites for hydroxylation is 1. The monoisotopic (exact) mass is 343 g/mol. The highest BCUT2D eigenvalue weighted by molar-refractivity contribution is 9.10. The van der Waals surface area contributed by atoms with Crippen LogP contribution in [0.1, 0.15) is 5.56 Å². The molecule has 0 aliphatic carbocycles. The van der Waals surface area contributed by atoms with Gasteiger partial charge in [-0.1, -0.05) is 0 Å². The van der Waals surface area contributed by atoms with Gasteiger partial charge in [-0.15, -0.1) is 5.10 Å². The number of hydrogen-bond donors (Lipinski definition) is 0. The van der Waals surface area contributed by atoms with E-state index in [1.807, 2.05) is 13.0 Å². The van der Waals surface area contributed by atoms with Crippen LogP contribution in [0.5, 0.6) is 0 Å². The highest BCUT2D eigenvalue weighted by Gasteiger charge is 2.13. The largest absolute Gasteiger partial charge is 0.468 e. The summed E-state index contributed by atoms with van der Waals surface area (Å²) in [6, 6.07) is 1.91. The molecule has 0 saturated carbocycles. The summed E-state index contributed by atoms with van der Waals surface area (Å²) in [6.07, 6.45) is 1.71. The van der Waals surface area contributed by atoms with Crippen LogP contribution in [0.25, 0.3) is 0 Å². The molecule has 0 aliphatic rings. The van der Waals surface area contributed by atoms with Crippen molar-refractivity contribution in [1.29, 1.82) is 0 Å². The molecular weight excluding hydrogens is 334 g/mol. The van der Waals surface area contributed by atoms with Crippen LogP contribution in [0.15, 0.2) is 26.9 Å². The summed E-state index contributed by atoms with van der Waals surface area (Å²) >= 11 is 4.67. The van der Waals surface area contributed by atoms with Gasteiger partial charge in [0.25, 0.3) is 0 Å². The molecule has 0 unspecified atom stereocenters. The van der Waals surface area contributed by atoms with Gasteiger partial charge in [0, 0.05) is 10.7 Å². The molecule has 0 fully saturated rings. The minimum Gasteiger partial charge on any atom is -0.468 e. The Bertz CT molecular complexity index is 603. The van der Waals surface area contributed by atoms with Crippen molar-refractivity contribution in [3.8, 4) is 0 Å². The average molecular weight is 344 g/mol. The summed E-state index contributed by atoms with van der Waals surface area (Å²) in [4.78, 5) is 15.5. The second kappa shape index (κ2) is 6.11. The summed E-state index contributed by atoms with van der Waals surface area (Å²) in [5.74, 6) is -0.408. The van der Waals surface area contributed by atoms with Gasteiger partial charge in [0.2, 0.25) is 5.16 Å². The molecule has 0 bridgehead atoms. The quantitative estimate of drug-likeness (QED) is 0.777. The number of carbonyl (C=O) groups is 1. The third-order valence-electron chi connectivity index (χ3n) is 2.22. The average Bonchev–Trinajstić information content (AvgIpc) is 2.81. The smallest absolute Gasteiger partial charge is 0.327 e. The molecule has 7 nitrogen and oxygen atoms in total. The number of methoxy groups -OCH3 is 1. The lowest BCUT2D eigenvalue weighted by Crippen LogP contribution is -2.13. The van der Waals surface area contributed by atoms with E-state index in [0.717, 1.165) is 15.1 Å². The Morgan fingerprint density at radius 1 is 1.58 bits per heavy atom. The number of hydrogen-bond acceptors (Lipinski definition) is 7. The number of carbonyl (C=O) groups excluding carboxylic acids is 1. The SMILES string of the molecule is COC(=O)Cn1nnnc1Sc1cc(C)c(Br)cn1. The number of esters is 1. The lowest BCUT2D eigenvalue weighted by molar-refractivity contribution is -0.141. The third-order valence-corrected chi connectivity index (χ3v) is 3.96. The van der Waals surface area contributed by atoms with Crippen LogP contribution >= 0.6 is 27.7 Å². The molecule has 0 atom stereocenters. The van der Waals surface area contributed by atoms with Crippen molar-refractivity contribution in [2.75, 3.05) is 7.11 Å². The molecule has 2 rings (SSSR count). The predicted molar refractivity (Wildman–Crippen MR) is 70.6 cm³/mol. The molecule has 2 aromatic heterocycles. The first-order valence-corrected chi connectivity index (χ1v) is 6.84. The second-order valence-electron chi connectivity index (χ2n) is 3.57. The van der Waals surface area contributed by atoms with E-state index >= 15 is 0 Å². The maximum Gasteiger partial charge on any atom is 0.327 e. The van der Waals surface area contributed by atoms with Gasteiger partial charge in [0.05, 0.1) is 7.11 Å². The van der Waals surface area contributed by atoms with Gasteiger partial charge >= 0.3 is 5.97 Å². The van der Waals surface area contributed by atoms with Crippen LogP contribution in [-0.2, 0) is 16.1 Å². The van der Waals surface area contributed by atoms with E-state index in [1.54, 1.807) is 6.20 Å². The van der Waals surface area contributed by atoms with E-state index in [9.17, 15) is 4.79 Å². The third kappa shape index (κ3) is 3.51. The molecule has 19 heavy (non-hydrogen) atoms. The number of halogens is 1. The van der Waals surface area contributed by atoms with Crippen LogP contribution in [0.2, 0.25) is 0 Å². The van der Waals surface area contributed by atoms with Crippen molar-refractivity contribution in [2.24, 2.45) is 0 Å². The zero-order valence-electron chi connectivity index (χ0n) is 10.2. The summed E-state index contributed by atoms with van der Waals surface area (Å²) < 4.78 is 6.88. The minimum absolute atomic E-state index is 0.0264. The van der Waals surface area contributed by atoms with Crippen molar-refractivity contribution < 1.29 is 9.53 Å². The first-order chi connectivity index (χ1) is 9.10. The van der Waals surface area contributed by atoms with Crippen LogP contribution in [0.3, 0.4) is 0 Å². The molecule has 100 valence electrons. The molecular formula is C10H10BrN5O2S. The van der Waals surface area contributed by atoms with E-state index in [0.29, 0.717) is 5.16 Å². The molecule has 0 radical (unpaired) electrons. The maximum absolute atomic E-state index is 11.2. The van der Waals surface area contributed by atoms with E-state index < -0.39 is 5.97 Å². The van der Waals surface area contributed by atoms with Crippen LogP contribution < -0.4 is 0 Å². The molecule has 0 saturated heterocycles. The maximum atomic E-state index is 11.2. The van der Waals surface area contributed by atoms with Crippen molar-refractivity contribution in [3.05, 3.63) is 22.3 Å². The van der Waals surface area contributed by atoms with Crippen molar-refractivity contribution >= 4 is 33.7 Å². The fourth-order valence-electron chi connectivity index (χ4n) is 1.22. The molecule has 9 heteroatoms. The van der Waals surface area contributed by atoms with Crippen molar-refractivity contribution in [3.63, 3.8) is 0 Å². The molecule has 2 heterocycles. The van der Waals surface area contributed by atoms with Gasteiger partial charge in [0.15, 0.2) is 0 Å². The van der Waals surface area contributed by atoms with Gasteiger partial charge in [-0.3, -0.25) is 4.79 Å². The molecule has 0 amide bonds. The van der Waals surface area contributed by atoms with Gasteiger partial charge < -0.3 is 4.74 Å². The Morgan fingerprint density at radius 2 is 2.37 bits per heavy atom. The van der Waals surface area contributed by atoms with E-state index in [4.69, 9.17) is 0 Å². The Kier molecular flexibility index (Phi) is 4.48. The van der Waals surface area contributed by atoms with Crippen LogP contribution in [0, 0.1) is 6.92 Å². The fourth-order valence-corrected chi connectivity index (χ4v) is 2.25. The van der Waals surface area contributed by atoms with Gasteiger partial charge in [-0.25, -0.2) is 9.67 Å². The Balaban J connectivity index is 2.17. The van der Waals surface area contributed by atoms with Crippen molar-refractivity contribution in [1.82, 2.24) is 25.2 Å². The molecule has 0 N–H and O–H groups in total. The normalized spacial score (nSPS) is 10.5. The number of tetrazole rings is 1. The Hall–Kier alpha value is -1.48. The number of pyridine rings is 1. The van der Waals surface area contributed by atoms with E-state index in [1.165, 1.54) is 23.6 Å². The predicted octanol–water partition coefficient (Wildman–Crippen LogP) is 1.46. The fraction of sp³-hybridized carbons (Fsp3) is 0.300. The number of aromatic nitrogens is 5. The highest BCUT2D eigenvalue weighted by atomic mass is 79.9. The summed E-state index contributed by atoms with van der Waals surface area (Å²) in [6.45, 7) is 1.94. The highest BCUT2D eigenvalue weighted by Crippen LogP contribution is 2.26.